The first-order valence-electron chi connectivity index (χ1n) is 8.93. The molecule has 2 heterocycles. The Labute approximate surface area is 171 Å². The smallest absolute Gasteiger partial charge is 0.305 e. The molecule has 0 radical (unpaired) electrons. The number of rotatable bonds is 4. The fourth-order valence-electron chi connectivity index (χ4n) is 3.47. The minimum Gasteiger partial charge on any atom is -0.496 e. The van der Waals surface area contributed by atoms with E-state index in [0.717, 1.165) is 32.5 Å². The van der Waals surface area contributed by atoms with Crippen molar-refractivity contribution in [3.05, 3.63) is 74.2 Å². The van der Waals surface area contributed by atoms with Crippen LogP contribution >= 0.6 is 23.1 Å². The monoisotopic (exact) mass is 412 g/mol. The van der Waals surface area contributed by atoms with E-state index < -0.39 is 0 Å². The van der Waals surface area contributed by atoms with Gasteiger partial charge in [0.1, 0.15) is 5.75 Å². The Balaban J connectivity index is 1.73. The molecule has 7 heteroatoms. The van der Waals surface area contributed by atoms with Gasteiger partial charge in [0.2, 0.25) is 5.91 Å². The van der Waals surface area contributed by atoms with Crippen molar-refractivity contribution in [2.45, 2.75) is 17.9 Å². The molecule has 0 bridgehead atoms. The fraction of sp³-hybridized carbons (Fsp3) is 0.238. The zero-order valence-corrected chi connectivity index (χ0v) is 17.2. The highest BCUT2D eigenvalue weighted by Crippen LogP contribution is 2.47. The van der Waals surface area contributed by atoms with Gasteiger partial charge in [-0.25, -0.2) is 0 Å². The number of thioether (sulfide) groups is 1. The second kappa shape index (κ2) is 7.85. The van der Waals surface area contributed by atoms with E-state index in [1.807, 2.05) is 55.5 Å². The van der Waals surface area contributed by atoms with Gasteiger partial charge in [-0.05, 0) is 25.1 Å². The third-order valence-corrected chi connectivity index (χ3v) is 7.10. The number of aromatic amines is 1. The van der Waals surface area contributed by atoms with E-state index in [2.05, 4.69) is 10.3 Å². The van der Waals surface area contributed by atoms with Crippen LogP contribution in [0.3, 0.4) is 0 Å². The molecule has 5 nitrogen and oxygen atoms in total. The molecule has 1 aliphatic rings. The Hall–Kier alpha value is -2.51. The van der Waals surface area contributed by atoms with E-state index in [1.54, 1.807) is 7.11 Å². The molecule has 0 fully saturated rings. The van der Waals surface area contributed by atoms with E-state index in [0.29, 0.717) is 5.75 Å². The third-order valence-electron chi connectivity index (χ3n) is 4.86. The number of carbonyl (C=O) groups is 1. The predicted molar refractivity (Wildman–Crippen MR) is 114 cm³/mol. The number of carbonyl (C=O) groups excluding carboxylic acids is 1. The lowest BCUT2D eigenvalue weighted by molar-refractivity contribution is -0.119. The summed E-state index contributed by atoms with van der Waals surface area (Å²) >= 11 is 2.70. The van der Waals surface area contributed by atoms with Crippen LogP contribution < -0.4 is 14.9 Å². The lowest BCUT2D eigenvalue weighted by Gasteiger charge is -2.31. The van der Waals surface area contributed by atoms with E-state index >= 15 is 0 Å². The van der Waals surface area contributed by atoms with Crippen molar-refractivity contribution in [2.75, 3.05) is 18.2 Å². The Morgan fingerprint density at radius 3 is 2.68 bits per heavy atom. The van der Waals surface area contributed by atoms with Gasteiger partial charge in [0.15, 0.2) is 0 Å². The minimum atomic E-state index is -0.318. The second-order valence-corrected chi connectivity index (χ2v) is 8.75. The largest absolute Gasteiger partial charge is 0.496 e. The number of aryl methyl sites for hydroxylation is 1. The van der Waals surface area contributed by atoms with Crippen LogP contribution in [0.2, 0.25) is 0 Å². The molecule has 0 aliphatic carbocycles. The van der Waals surface area contributed by atoms with E-state index in [4.69, 9.17) is 4.74 Å². The average molecular weight is 413 g/mol. The van der Waals surface area contributed by atoms with Crippen LogP contribution in [-0.2, 0) is 4.79 Å². The highest BCUT2D eigenvalue weighted by molar-refractivity contribution is 7.99. The topological polar surface area (TPSA) is 71.2 Å². The van der Waals surface area contributed by atoms with Crippen molar-refractivity contribution >= 4 is 34.7 Å². The number of fused-ring (bicyclic) bond motifs is 1. The average Bonchev–Trinajstić information content (AvgIpc) is 3.09. The number of thiazole rings is 1. The zero-order valence-electron chi connectivity index (χ0n) is 15.5. The lowest BCUT2D eigenvalue weighted by Crippen LogP contribution is -2.32. The molecule has 2 aromatic carbocycles. The lowest BCUT2D eigenvalue weighted by atomic mass is 9.84. The number of para-hydroxylation sites is 1. The predicted octanol–water partition coefficient (Wildman–Crippen LogP) is 4.25. The van der Waals surface area contributed by atoms with E-state index in [1.165, 1.54) is 23.1 Å². The molecule has 3 aromatic rings. The van der Waals surface area contributed by atoms with Crippen molar-refractivity contribution in [1.29, 1.82) is 0 Å². The van der Waals surface area contributed by atoms with Crippen LogP contribution in [0.25, 0.3) is 0 Å². The van der Waals surface area contributed by atoms with Crippen molar-refractivity contribution in [3.63, 3.8) is 0 Å². The summed E-state index contributed by atoms with van der Waals surface area (Å²) in [6, 6.07) is 15.5. The first kappa shape index (κ1) is 18.8. The van der Waals surface area contributed by atoms with Gasteiger partial charge in [0, 0.05) is 27.8 Å². The molecule has 1 amide bonds. The van der Waals surface area contributed by atoms with Gasteiger partial charge in [-0.15, -0.1) is 11.8 Å². The molecular weight excluding hydrogens is 392 g/mol. The van der Waals surface area contributed by atoms with Gasteiger partial charge in [-0.3, -0.25) is 9.59 Å². The fourth-order valence-corrected chi connectivity index (χ4v) is 5.88. The van der Waals surface area contributed by atoms with Crippen molar-refractivity contribution in [1.82, 2.24) is 4.98 Å². The molecule has 1 aliphatic heterocycles. The second-order valence-electron chi connectivity index (χ2n) is 6.70. The molecule has 28 heavy (non-hydrogen) atoms. The van der Waals surface area contributed by atoms with Crippen LogP contribution in [-0.4, -0.2) is 23.8 Å². The number of amides is 1. The normalized spacial score (nSPS) is 18.4. The number of benzene rings is 2. The highest BCUT2D eigenvalue weighted by Gasteiger charge is 2.39. The summed E-state index contributed by atoms with van der Waals surface area (Å²) in [7, 11) is 1.62. The number of anilines is 1. The Morgan fingerprint density at radius 1 is 1.18 bits per heavy atom. The molecule has 0 unspecified atom stereocenters. The van der Waals surface area contributed by atoms with Crippen LogP contribution in [0.5, 0.6) is 5.75 Å². The number of methoxy groups -OCH3 is 1. The third kappa shape index (κ3) is 3.59. The number of hydrogen-bond acceptors (Lipinski definition) is 5. The number of H-pyrrole nitrogens is 1. The van der Waals surface area contributed by atoms with Crippen molar-refractivity contribution < 1.29 is 9.53 Å². The standard InChI is InChI=1S/C21H20N2O3S2/c1-12-7-9-13(10-8-12)22-19(24)15-11-27-20-18(28-21(25)23-20)17(15)14-5-3-4-6-16(14)26-2/h3-10,15,17H,11H2,1-2H3,(H,22,24)(H,23,25)/t15-,17+/m1/s1. The molecule has 1 aromatic heterocycles. The van der Waals surface area contributed by atoms with Crippen LogP contribution in [0.4, 0.5) is 5.69 Å². The van der Waals surface area contributed by atoms with Gasteiger partial charge in [-0.2, -0.15) is 0 Å². The summed E-state index contributed by atoms with van der Waals surface area (Å²) in [5.41, 5.74) is 2.83. The van der Waals surface area contributed by atoms with E-state index in [9.17, 15) is 9.59 Å². The van der Waals surface area contributed by atoms with Crippen molar-refractivity contribution in [2.24, 2.45) is 5.92 Å². The summed E-state index contributed by atoms with van der Waals surface area (Å²) in [6.45, 7) is 2.01. The molecular formula is C21H20N2O3S2. The molecule has 144 valence electrons. The quantitative estimate of drug-likeness (QED) is 0.672. The molecule has 0 saturated heterocycles. The first-order chi connectivity index (χ1) is 13.6. The number of hydrogen-bond donors (Lipinski definition) is 2. The number of ether oxygens (including phenoxy) is 1. The maximum atomic E-state index is 13.2. The maximum absolute atomic E-state index is 13.2. The van der Waals surface area contributed by atoms with Crippen LogP contribution in [0.1, 0.15) is 21.9 Å². The molecule has 2 atom stereocenters. The summed E-state index contributed by atoms with van der Waals surface area (Å²) in [5.74, 6) is 0.696. The van der Waals surface area contributed by atoms with Gasteiger partial charge < -0.3 is 15.0 Å². The van der Waals surface area contributed by atoms with Gasteiger partial charge in [0.05, 0.1) is 18.1 Å². The molecule has 0 saturated carbocycles. The van der Waals surface area contributed by atoms with Crippen LogP contribution in [0, 0.1) is 12.8 Å². The summed E-state index contributed by atoms with van der Waals surface area (Å²) in [5, 5.41) is 3.89. The Kier molecular flexibility index (Phi) is 5.28. The molecule has 2 N–H and O–H groups in total. The summed E-state index contributed by atoms with van der Waals surface area (Å²) < 4.78 is 5.56. The number of nitrogens with one attached hydrogen (secondary N) is 2. The first-order valence-corrected chi connectivity index (χ1v) is 10.7. The Bertz CT molecular complexity index is 1060. The number of aromatic nitrogens is 1. The highest BCUT2D eigenvalue weighted by atomic mass is 32.2. The SMILES string of the molecule is COc1ccccc1[C@@H]1c2sc(=O)[nH]c2SC[C@H]1C(=O)Nc1ccc(C)cc1. The maximum Gasteiger partial charge on any atom is 0.305 e. The van der Waals surface area contributed by atoms with E-state index in [-0.39, 0.29) is 22.6 Å². The summed E-state index contributed by atoms with van der Waals surface area (Å²) in [6.07, 6.45) is 0. The minimum absolute atomic E-state index is 0.0567. The zero-order chi connectivity index (χ0) is 19.7. The Morgan fingerprint density at radius 2 is 1.93 bits per heavy atom. The molecule has 0 spiro atoms. The van der Waals surface area contributed by atoms with Crippen molar-refractivity contribution in [3.8, 4) is 5.75 Å². The van der Waals surface area contributed by atoms with Gasteiger partial charge >= 0.3 is 4.87 Å². The van der Waals surface area contributed by atoms with Gasteiger partial charge in [0.25, 0.3) is 0 Å². The van der Waals surface area contributed by atoms with Crippen LogP contribution in [0.15, 0.2) is 58.4 Å². The molecule has 4 rings (SSSR count). The van der Waals surface area contributed by atoms with Gasteiger partial charge in [-0.1, -0.05) is 47.2 Å². The summed E-state index contributed by atoms with van der Waals surface area (Å²) in [4.78, 5) is 28.9.